The summed E-state index contributed by atoms with van der Waals surface area (Å²) in [5.41, 5.74) is 7.74. The molecular formula is C30H16Cl2O2. The van der Waals surface area contributed by atoms with Crippen LogP contribution < -0.4 is 0 Å². The highest BCUT2D eigenvalue weighted by molar-refractivity contribution is 6.32. The Morgan fingerprint density at radius 1 is 0.441 bits per heavy atom. The Balaban J connectivity index is 1.62. The minimum absolute atomic E-state index is 0.0356. The highest BCUT2D eigenvalue weighted by Gasteiger charge is 2.28. The Hall–Kier alpha value is -3.72. The first-order chi connectivity index (χ1) is 16.5. The zero-order chi connectivity index (χ0) is 23.4. The average Bonchev–Trinajstić information content (AvgIpc) is 2.86. The molecule has 0 N–H and O–H groups in total. The fourth-order valence-electron chi connectivity index (χ4n) is 4.82. The van der Waals surface area contributed by atoms with Crippen LogP contribution in [0, 0.1) is 0 Å². The monoisotopic (exact) mass is 478 g/mol. The first kappa shape index (κ1) is 20.9. The predicted molar refractivity (Wildman–Crippen MR) is 137 cm³/mol. The van der Waals surface area contributed by atoms with E-state index >= 15 is 0 Å². The van der Waals surface area contributed by atoms with Gasteiger partial charge in [0.05, 0.1) is 0 Å². The third-order valence-corrected chi connectivity index (χ3v) is 6.84. The van der Waals surface area contributed by atoms with Gasteiger partial charge in [-0.05, 0) is 57.7 Å². The average molecular weight is 479 g/mol. The zero-order valence-corrected chi connectivity index (χ0v) is 19.3. The molecule has 0 saturated heterocycles. The summed E-state index contributed by atoms with van der Waals surface area (Å²) in [5.74, 6) is -0.0713. The Bertz CT molecular complexity index is 1490. The molecule has 0 bridgehead atoms. The van der Waals surface area contributed by atoms with Crippen LogP contribution in [-0.2, 0) is 0 Å². The lowest BCUT2D eigenvalue weighted by Crippen LogP contribution is -2.15. The minimum atomic E-state index is -0.0356. The molecule has 4 aromatic rings. The number of rotatable bonds is 1. The van der Waals surface area contributed by atoms with Crippen LogP contribution in [0.4, 0.5) is 0 Å². The van der Waals surface area contributed by atoms with Crippen LogP contribution >= 0.6 is 23.2 Å². The number of hydrogen-bond donors (Lipinski definition) is 0. The van der Waals surface area contributed by atoms with Crippen LogP contribution in [0.2, 0.25) is 10.0 Å². The minimum Gasteiger partial charge on any atom is -0.289 e. The van der Waals surface area contributed by atoms with Crippen molar-refractivity contribution >= 4 is 45.9 Å². The SMILES string of the molecule is O=C1c2ccccc2/C(=C/C=C2\c3ccccc3C(=O)c3cc(Cl)ccc32)c2ccc(Cl)cc21. The van der Waals surface area contributed by atoms with Crippen molar-refractivity contribution in [1.29, 1.82) is 0 Å². The molecule has 2 aliphatic rings. The summed E-state index contributed by atoms with van der Waals surface area (Å²) < 4.78 is 0. The topological polar surface area (TPSA) is 34.1 Å². The van der Waals surface area contributed by atoms with E-state index in [9.17, 15) is 9.59 Å². The molecule has 0 aromatic heterocycles. The van der Waals surface area contributed by atoms with Crippen molar-refractivity contribution in [2.24, 2.45) is 0 Å². The molecule has 4 heteroatoms. The number of halogens is 2. The van der Waals surface area contributed by atoms with Gasteiger partial charge < -0.3 is 0 Å². The van der Waals surface area contributed by atoms with E-state index in [2.05, 4.69) is 0 Å². The molecule has 0 heterocycles. The lowest BCUT2D eigenvalue weighted by atomic mass is 9.79. The zero-order valence-electron chi connectivity index (χ0n) is 17.8. The van der Waals surface area contributed by atoms with E-state index in [-0.39, 0.29) is 11.6 Å². The molecular weight excluding hydrogens is 463 g/mol. The molecule has 0 radical (unpaired) electrons. The van der Waals surface area contributed by atoms with Crippen molar-refractivity contribution in [3.63, 3.8) is 0 Å². The molecule has 6 rings (SSSR count). The maximum absolute atomic E-state index is 13.2. The van der Waals surface area contributed by atoms with Gasteiger partial charge in [0.1, 0.15) is 0 Å². The second-order valence-electron chi connectivity index (χ2n) is 8.29. The quantitative estimate of drug-likeness (QED) is 0.243. The van der Waals surface area contributed by atoms with E-state index in [1.54, 1.807) is 24.3 Å². The van der Waals surface area contributed by atoms with E-state index in [0.29, 0.717) is 32.3 Å². The number of carbonyl (C=O) groups is 2. The Labute approximate surface area is 206 Å². The van der Waals surface area contributed by atoms with Gasteiger partial charge in [-0.3, -0.25) is 9.59 Å². The van der Waals surface area contributed by atoms with E-state index < -0.39 is 0 Å². The molecule has 34 heavy (non-hydrogen) atoms. The Kier molecular flexibility index (Phi) is 4.88. The first-order valence-corrected chi connectivity index (χ1v) is 11.6. The van der Waals surface area contributed by atoms with E-state index in [1.807, 2.05) is 72.8 Å². The fraction of sp³-hybridized carbons (Fsp3) is 0. The molecule has 0 saturated carbocycles. The van der Waals surface area contributed by atoms with Crippen LogP contribution in [0.3, 0.4) is 0 Å². The van der Waals surface area contributed by atoms with Crippen molar-refractivity contribution in [3.8, 4) is 0 Å². The van der Waals surface area contributed by atoms with Gasteiger partial charge in [0, 0.05) is 32.3 Å². The van der Waals surface area contributed by atoms with Gasteiger partial charge in [-0.1, -0.05) is 96.0 Å². The summed E-state index contributed by atoms with van der Waals surface area (Å²) in [6, 6.07) is 26.0. The van der Waals surface area contributed by atoms with E-state index in [4.69, 9.17) is 23.2 Å². The van der Waals surface area contributed by atoms with Crippen LogP contribution in [0.25, 0.3) is 11.1 Å². The molecule has 0 spiro atoms. The fourth-order valence-corrected chi connectivity index (χ4v) is 5.16. The molecule has 0 amide bonds. The maximum atomic E-state index is 13.2. The van der Waals surface area contributed by atoms with Crippen LogP contribution in [0.5, 0.6) is 0 Å². The van der Waals surface area contributed by atoms with Gasteiger partial charge in [-0.15, -0.1) is 0 Å². The van der Waals surface area contributed by atoms with E-state index in [1.165, 1.54) is 0 Å². The lowest BCUT2D eigenvalue weighted by Gasteiger charge is -2.23. The molecule has 0 unspecified atom stereocenters. The second-order valence-corrected chi connectivity index (χ2v) is 9.16. The highest BCUT2D eigenvalue weighted by atomic mass is 35.5. The maximum Gasteiger partial charge on any atom is 0.194 e. The smallest absolute Gasteiger partial charge is 0.194 e. The summed E-state index contributed by atoms with van der Waals surface area (Å²) in [5, 5.41) is 1.05. The normalized spacial score (nSPS) is 16.2. The first-order valence-electron chi connectivity index (χ1n) is 10.8. The van der Waals surface area contributed by atoms with Gasteiger partial charge in [0.15, 0.2) is 11.6 Å². The number of allylic oxidation sites excluding steroid dienone is 2. The highest BCUT2D eigenvalue weighted by Crippen LogP contribution is 2.40. The van der Waals surface area contributed by atoms with Gasteiger partial charge in [-0.2, -0.15) is 0 Å². The molecule has 0 atom stereocenters. The number of hydrogen-bond acceptors (Lipinski definition) is 2. The molecule has 2 nitrogen and oxygen atoms in total. The molecule has 4 aromatic carbocycles. The summed E-state index contributed by atoms with van der Waals surface area (Å²) in [7, 11) is 0. The number of benzene rings is 4. The Morgan fingerprint density at radius 2 is 0.794 bits per heavy atom. The van der Waals surface area contributed by atoms with Crippen molar-refractivity contribution in [2.75, 3.05) is 0 Å². The summed E-state index contributed by atoms with van der Waals surface area (Å²) in [6.07, 6.45) is 4.05. The van der Waals surface area contributed by atoms with Crippen LogP contribution in [0.15, 0.2) is 97.1 Å². The third kappa shape index (κ3) is 3.19. The number of carbonyl (C=O) groups excluding carboxylic acids is 2. The van der Waals surface area contributed by atoms with Gasteiger partial charge in [0.25, 0.3) is 0 Å². The molecule has 0 fully saturated rings. The van der Waals surface area contributed by atoms with Crippen molar-refractivity contribution < 1.29 is 9.59 Å². The van der Waals surface area contributed by atoms with E-state index in [0.717, 1.165) is 33.4 Å². The second kappa shape index (κ2) is 7.95. The lowest BCUT2D eigenvalue weighted by molar-refractivity contribution is 0.102. The van der Waals surface area contributed by atoms with Crippen molar-refractivity contribution in [2.45, 2.75) is 0 Å². The van der Waals surface area contributed by atoms with Crippen molar-refractivity contribution in [3.05, 3.63) is 152 Å². The van der Waals surface area contributed by atoms with Gasteiger partial charge >= 0.3 is 0 Å². The summed E-state index contributed by atoms with van der Waals surface area (Å²) in [6.45, 7) is 0. The van der Waals surface area contributed by atoms with Gasteiger partial charge in [-0.25, -0.2) is 0 Å². The third-order valence-electron chi connectivity index (χ3n) is 6.37. The Morgan fingerprint density at radius 3 is 1.21 bits per heavy atom. The van der Waals surface area contributed by atoms with Gasteiger partial charge in [0.2, 0.25) is 0 Å². The predicted octanol–water partition coefficient (Wildman–Crippen LogP) is 7.65. The number of fused-ring (bicyclic) bond motifs is 4. The molecule has 162 valence electrons. The standard InChI is InChI=1S/C30H16Cl2O2/c31-17-9-11-23-21(19-5-1-3-7-25(19)29(33)27(23)15-17)13-14-22-20-6-2-4-8-26(20)30(34)28-16-18(32)10-12-24(22)28/h1-16H/b21-13-,22-14+. The summed E-state index contributed by atoms with van der Waals surface area (Å²) in [4.78, 5) is 26.3. The van der Waals surface area contributed by atoms with Crippen molar-refractivity contribution in [1.82, 2.24) is 0 Å². The molecule has 2 aliphatic carbocycles. The largest absolute Gasteiger partial charge is 0.289 e. The number of ketones is 2. The summed E-state index contributed by atoms with van der Waals surface area (Å²) >= 11 is 12.5. The molecule has 0 aliphatic heterocycles. The van der Waals surface area contributed by atoms with Crippen LogP contribution in [0.1, 0.15) is 54.1 Å². The van der Waals surface area contributed by atoms with Crippen LogP contribution in [-0.4, -0.2) is 11.6 Å².